The molecule has 2 N–H and O–H groups in total. The van der Waals surface area contributed by atoms with E-state index in [9.17, 15) is 13.2 Å². The van der Waals surface area contributed by atoms with Crippen LogP contribution in [0.3, 0.4) is 0 Å². The molecule has 0 spiro atoms. The molecule has 0 aliphatic heterocycles. The SMILES string of the molecule is C=C(C(=O)c1ccc(S(=O)(=O)NCCCn2ccnc2)cc1)c1cc(-c2cc3ccccc3[nH]2)c(OC)cc1OC. The molecule has 2 aromatic heterocycles. The third-order valence-corrected chi connectivity index (χ3v) is 8.29. The number of ketones is 1. The van der Waals surface area contributed by atoms with Gasteiger partial charge in [0.15, 0.2) is 5.78 Å². The summed E-state index contributed by atoms with van der Waals surface area (Å²) in [5.41, 5.74) is 3.55. The van der Waals surface area contributed by atoms with Gasteiger partial charge < -0.3 is 19.0 Å². The molecule has 5 rings (SSSR count). The van der Waals surface area contributed by atoms with E-state index in [1.807, 2.05) is 47.2 Å². The summed E-state index contributed by atoms with van der Waals surface area (Å²) in [7, 11) is -0.639. The van der Waals surface area contributed by atoms with E-state index in [2.05, 4.69) is 21.3 Å². The predicted octanol–water partition coefficient (Wildman–Crippen LogP) is 5.31. The number of rotatable bonds is 12. The Morgan fingerprint density at radius 1 is 1.02 bits per heavy atom. The molecule has 0 saturated heterocycles. The van der Waals surface area contributed by atoms with Gasteiger partial charge in [0, 0.05) is 64.7 Å². The van der Waals surface area contributed by atoms with Crippen molar-refractivity contribution in [2.75, 3.05) is 20.8 Å². The van der Waals surface area contributed by atoms with Crippen LogP contribution in [0.4, 0.5) is 0 Å². The first-order valence-electron chi connectivity index (χ1n) is 12.9. The zero-order valence-corrected chi connectivity index (χ0v) is 23.6. The molecule has 210 valence electrons. The Hall–Kier alpha value is -4.67. The second-order valence-corrected chi connectivity index (χ2v) is 11.2. The molecule has 0 unspecified atom stereocenters. The van der Waals surface area contributed by atoms with E-state index in [4.69, 9.17) is 9.47 Å². The lowest BCUT2D eigenvalue weighted by atomic mass is 9.95. The molecule has 41 heavy (non-hydrogen) atoms. The molecule has 0 aliphatic rings. The number of sulfonamides is 1. The summed E-state index contributed by atoms with van der Waals surface area (Å²) in [4.78, 5) is 20.9. The van der Waals surface area contributed by atoms with Gasteiger partial charge in [-0.3, -0.25) is 4.79 Å². The van der Waals surface area contributed by atoms with Gasteiger partial charge in [0.05, 0.1) is 31.1 Å². The van der Waals surface area contributed by atoms with Crippen LogP contribution in [0.15, 0.2) is 96.9 Å². The number of aromatic amines is 1. The Balaban J connectivity index is 1.35. The number of aromatic nitrogens is 3. The van der Waals surface area contributed by atoms with E-state index in [0.29, 0.717) is 35.6 Å². The molecule has 0 saturated carbocycles. The van der Waals surface area contributed by atoms with Gasteiger partial charge in [0.25, 0.3) is 0 Å². The molecule has 0 aliphatic carbocycles. The number of hydrogen-bond donors (Lipinski definition) is 2. The monoisotopic (exact) mass is 570 g/mol. The lowest BCUT2D eigenvalue weighted by Gasteiger charge is -2.16. The zero-order valence-electron chi connectivity index (χ0n) is 22.8. The van der Waals surface area contributed by atoms with Gasteiger partial charge >= 0.3 is 0 Å². The lowest BCUT2D eigenvalue weighted by Crippen LogP contribution is -2.25. The molecule has 10 heteroatoms. The average molecular weight is 571 g/mol. The third-order valence-electron chi connectivity index (χ3n) is 6.81. The van der Waals surface area contributed by atoms with E-state index in [1.165, 1.54) is 31.4 Å². The van der Waals surface area contributed by atoms with Crippen molar-refractivity contribution >= 4 is 32.3 Å². The van der Waals surface area contributed by atoms with Gasteiger partial charge in [-0.05, 0) is 48.9 Å². The first-order valence-corrected chi connectivity index (χ1v) is 14.4. The second kappa shape index (κ2) is 11.8. The fourth-order valence-corrected chi connectivity index (χ4v) is 5.69. The molecule has 0 radical (unpaired) electrons. The number of para-hydroxylation sites is 1. The molecular weight excluding hydrogens is 540 g/mol. The standard InChI is InChI=1S/C31H30N4O5S/c1-21(25-18-26(30(40-3)19-29(25)39-2)28-17-23-7-4-5-8-27(23)34-28)31(36)22-9-11-24(12-10-22)41(37,38)33-13-6-15-35-16-14-32-20-35/h4-5,7-12,14,16-20,33-34H,1,6,13,15H2,2-3H3. The molecule has 0 fully saturated rings. The summed E-state index contributed by atoms with van der Waals surface area (Å²) >= 11 is 0. The van der Waals surface area contributed by atoms with Crippen LogP contribution in [0.5, 0.6) is 11.5 Å². The largest absolute Gasteiger partial charge is 0.496 e. The molecule has 5 aromatic rings. The number of allylic oxidation sites excluding steroid dienone is 1. The first kappa shape index (κ1) is 27.9. The summed E-state index contributed by atoms with van der Waals surface area (Å²) in [5.74, 6) is 0.650. The van der Waals surface area contributed by atoms with Gasteiger partial charge in [-0.25, -0.2) is 18.1 Å². The highest BCUT2D eigenvalue weighted by molar-refractivity contribution is 7.89. The van der Waals surface area contributed by atoms with Gasteiger partial charge in [-0.1, -0.05) is 24.8 Å². The molecule has 0 bridgehead atoms. The Labute approximate surface area is 238 Å². The molecule has 9 nitrogen and oxygen atoms in total. The van der Waals surface area contributed by atoms with Crippen LogP contribution in [-0.4, -0.2) is 49.5 Å². The van der Waals surface area contributed by atoms with Gasteiger partial charge in [-0.2, -0.15) is 0 Å². The van der Waals surface area contributed by atoms with Crippen molar-refractivity contribution in [2.45, 2.75) is 17.9 Å². The number of aryl methyl sites for hydroxylation is 1. The maximum absolute atomic E-state index is 13.5. The highest BCUT2D eigenvalue weighted by Crippen LogP contribution is 2.40. The number of nitrogens with one attached hydrogen (secondary N) is 2. The van der Waals surface area contributed by atoms with Gasteiger partial charge in [0.2, 0.25) is 10.0 Å². The van der Waals surface area contributed by atoms with Crippen LogP contribution in [0.25, 0.3) is 27.7 Å². The topological polar surface area (TPSA) is 115 Å². The quantitative estimate of drug-likeness (QED) is 0.119. The van der Waals surface area contributed by atoms with Crippen molar-refractivity contribution in [2.24, 2.45) is 0 Å². The van der Waals surface area contributed by atoms with Crippen LogP contribution in [0.2, 0.25) is 0 Å². The number of benzene rings is 3. The number of fused-ring (bicyclic) bond motifs is 1. The van der Waals surface area contributed by atoms with Crippen molar-refractivity contribution < 1.29 is 22.7 Å². The van der Waals surface area contributed by atoms with Gasteiger partial charge in [0.1, 0.15) is 11.5 Å². The van der Waals surface area contributed by atoms with E-state index in [-0.39, 0.29) is 22.8 Å². The Morgan fingerprint density at radius 2 is 1.78 bits per heavy atom. The van der Waals surface area contributed by atoms with E-state index < -0.39 is 10.0 Å². The number of ether oxygens (including phenoxy) is 2. The average Bonchev–Trinajstić information content (AvgIpc) is 3.68. The first-order chi connectivity index (χ1) is 19.8. The number of Topliss-reactive ketones (excluding diaryl/α,β-unsaturated/α-hetero) is 1. The van der Waals surface area contributed by atoms with E-state index >= 15 is 0 Å². The Bertz CT molecular complexity index is 1770. The van der Waals surface area contributed by atoms with Crippen LogP contribution >= 0.6 is 0 Å². The summed E-state index contributed by atoms with van der Waals surface area (Å²) in [5, 5.41) is 1.04. The second-order valence-electron chi connectivity index (χ2n) is 9.41. The molecule has 2 heterocycles. The maximum atomic E-state index is 13.5. The van der Waals surface area contributed by atoms with E-state index in [1.54, 1.807) is 25.7 Å². The van der Waals surface area contributed by atoms with Crippen LogP contribution in [-0.2, 0) is 16.6 Å². The summed E-state index contributed by atoms with van der Waals surface area (Å²) in [6.45, 7) is 4.99. The minimum Gasteiger partial charge on any atom is -0.496 e. The summed E-state index contributed by atoms with van der Waals surface area (Å²) in [6, 6.07) is 19.3. The fraction of sp³-hybridized carbons (Fsp3) is 0.161. The number of carbonyl (C=O) groups is 1. The number of methoxy groups -OCH3 is 2. The fourth-order valence-electron chi connectivity index (χ4n) is 4.62. The molecule has 0 atom stereocenters. The normalized spacial score (nSPS) is 11.5. The Morgan fingerprint density at radius 3 is 2.46 bits per heavy atom. The minimum atomic E-state index is -3.73. The minimum absolute atomic E-state index is 0.0745. The third kappa shape index (κ3) is 5.93. The van der Waals surface area contributed by atoms with Gasteiger partial charge in [-0.15, -0.1) is 0 Å². The number of nitrogens with zero attached hydrogens (tertiary/aromatic N) is 2. The molecule has 0 amide bonds. The smallest absolute Gasteiger partial charge is 0.240 e. The maximum Gasteiger partial charge on any atom is 0.240 e. The number of carbonyl (C=O) groups excluding carboxylic acids is 1. The predicted molar refractivity (Wildman–Crippen MR) is 159 cm³/mol. The zero-order chi connectivity index (χ0) is 29.0. The van der Waals surface area contributed by atoms with Crippen molar-refractivity contribution in [1.29, 1.82) is 0 Å². The van der Waals surface area contributed by atoms with Crippen molar-refractivity contribution in [3.05, 3.63) is 103 Å². The lowest BCUT2D eigenvalue weighted by molar-refractivity contribution is 0.105. The highest BCUT2D eigenvalue weighted by atomic mass is 32.2. The summed E-state index contributed by atoms with van der Waals surface area (Å²) < 4.78 is 41.2. The van der Waals surface area contributed by atoms with Crippen molar-refractivity contribution in [3.8, 4) is 22.8 Å². The van der Waals surface area contributed by atoms with E-state index in [0.717, 1.165) is 22.2 Å². The molecule has 3 aromatic carbocycles. The van der Waals surface area contributed by atoms with Crippen molar-refractivity contribution in [1.82, 2.24) is 19.3 Å². The molecular formula is C31H30N4O5S. The Kier molecular flexibility index (Phi) is 8.04. The number of imidazole rings is 1. The summed E-state index contributed by atoms with van der Waals surface area (Å²) in [6.07, 6.45) is 5.79. The van der Waals surface area contributed by atoms with Crippen LogP contribution in [0.1, 0.15) is 22.3 Å². The van der Waals surface area contributed by atoms with Crippen LogP contribution < -0.4 is 14.2 Å². The highest BCUT2D eigenvalue weighted by Gasteiger charge is 2.22. The number of H-pyrrole nitrogens is 1. The van der Waals surface area contributed by atoms with Crippen LogP contribution in [0, 0.1) is 0 Å². The van der Waals surface area contributed by atoms with Crippen molar-refractivity contribution in [3.63, 3.8) is 0 Å². The number of hydrogen-bond acceptors (Lipinski definition) is 6.